The third kappa shape index (κ3) is 5.95. The van der Waals surface area contributed by atoms with E-state index in [1.165, 1.54) is 0 Å². The fraction of sp³-hybridized carbons (Fsp3) is 0.696. The first-order chi connectivity index (χ1) is 13.2. The van der Waals surface area contributed by atoms with Crippen LogP contribution in [0.15, 0.2) is 24.3 Å². The molecule has 0 heterocycles. The van der Waals surface area contributed by atoms with Gasteiger partial charge in [0.15, 0.2) is 0 Å². The highest BCUT2D eigenvalue weighted by Gasteiger charge is 2.48. The minimum absolute atomic E-state index is 0.0188. The SMILES string of the molecule is CC1CCC(C(C)C)C(O)(C(=O)NCCc2ccccc2OCCN(C)C)C1. The lowest BCUT2D eigenvalue weighted by atomic mass is 9.66. The van der Waals surface area contributed by atoms with Crippen LogP contribution in [-0.4, -0.2) is 55.3 Å². The van der Waals surface area contributed by atoms with Gasteiger partial charge in [-0.05, 0) is 62.7 Å². The summed E-state index contributed by atoms with van der Waals surface area (Å²) in [5, 5.41) is 14.2. The van der Waals surface area contributed by atoms with Crippen LogP contribution in [0.4, 0.5) is 0 Å². The van der Waals surface area contributed by atoms with Crippen LogP contribution in [0.1, 0.15) is 45.6 Å². The molecule has 1 saturated carbocycles. The molecule has 5 nitrogen and oxygen atoms in total. The number of nitrogens with one attached hydrogen (secondary N) is 1. The summed E-state index contributed by atoms with van der Waals surface area (Å²) in [6.45, 7) is 8.29. The average Bonchev–Trinajstić information content (AvgIpc) is 2.62. The lowest BCUT2D eigenvalue weighted by Crippen LogP contribution is -2.56. The van der Waals surface area contributed by atoms with Gasteiger partial charge in [-0.3, -0.25) is 4.79 Å². The van der Waals surface area contributed by atoms with Gasteiger partial charge in [0.2, 0.25) is 0 Å². The van der Waals surface area contributed by atoms with Crippen LogP contribution in [-0.2, 0) is 11.2 Å². The Morgan fingerprint density at radius 2 is 2.04 bits per heavy atom. The summed E-state index contributed by atoms with van der Waals surface area (Å²) < 4.78 is 5.90. The number of nitrogens with zero attached hydrogens (tertiary/aromatic N) is 1. The zero-order chi connectivity index (χ0) is 20.7. The lowest BCUT2D eigenvalue weighted by molar-refractivity contribution is -0.155. The first kappa shape index (κ1) is 22.7. The van der Waals surface area contributed by atoms with Gasteiger partial charge in [0.05, 0.1) is 0 Å². The van der Waals surface area contributed by atoms with Crippen molar-refractivity contribution in [1.29, 1.82) is 0 Å². The van der Waals surface area contributed by atoms with Crippen LogP contribution in [0.2, 0.25) is 0 Å². The Morgan fingerprint density at radius 3 is 2.71 bits per heavy atom. The maximum Gasteiger partial charge on any atom is 0.252 e. The fourth-order valence-corrected chi connectivity index (χ4v) is 4.29. The van der Waals surface area contributed by atoms with Crippen molar-refractivity contribution < 1.29 is 14.6 Å². The van der Waals surface area contributed by atoms with Crippen LogP contribution in [0.5, 0.6) is 5.75 Å². The average molecular weight is 391 g/mol. The predicted molar refractivity (Wildman–Crippen MR) is 113 cm³/mol. The fourth-order valence-electron chi connectivity index (χ4n) is 4.29. The van der Waals surface area contributed by atoms with Crippen molar-refractivity contribution in [2.45, 2.75) is 52.1 Å². The van der Waals surface area contributed by atoms with Crippen LogP contribution in [0.3, 0.4) is 0 Å². The number of likely N-dealkylation sites (N-methyl/N-ethyl adjacent to an activating group) is 1. The third-order valence-corrected chi connectivity index (χ3v) is 5.89. The van der Waals surface area contributed by atoms with E-state index in [2.05, 4.69) is 31.0 Å². The van der Waals surface area contributed by atoms with Crippen LogP contribution < -0.4 is 10.1 Å². The number of carbonyl (C=O) groups excluding carboxylic acids is 1. The smallest absolute Gasteiger partial charge is 0.252 e. The Morgan fingerprint density at radius 1 is 1.32 bits per heavy atom. The largest absolute Gasteiger partial charge is 0.492 e. The summed E-state index contributed by atoms with van der Waals surface area (Å²) in [5.41, 5.74) is -0.181. The van der Waals surface area contributed by atoms with Gasteiger partial charge < -0.3 is 20.1 Å². The minimum Gasteiger partial charge on any atom is -0.492 e. The van der Waals surface area contributed by atoms with Gasteiger partial charge in [-0.25, -0.2) is 0 Å². The quantitative estimate of drug-likeness (QED) is 0.680. The summed E-state index contributed by atoms with van der Waals surface area (Å²) in [4.78, 5) is 15.0. The topological polar surface area (TPSA) is 61.8 Å². The molecule has 0 aromatic heterocycles. The zero-order valence-corrected chi connectivity index (χ0v) is 18.2. The molecular weight excluding hydrogens is 352 g/mol. The molecule has 2 N–H and O–H groups in total. The molecule has 158 valence electrons. The molecule has 2 rings (SSSR count). The number of aliphatic hydroxyl groups is 1. The molecular formula is C23H38N2O3. The standard InChI is InChI=1S/C23H38N2O3/c1-17(2)20-11-10-18(3)16-23(20,27)22(26)24-13-12-19-8-6-7-9-21(19)28-15-14-25(4)5/h6-9,17-18,20,27H,10-16H2,1-5H3,(H,24,26). The second-order valence-corrected chi connectivity index (χ2v) is 8.93. The van der Waals surface area contributed by atoms with Gasteiger partial charge >= 0.3 is 0 Å². The number of para-hydroxylation sites is 1. The number of ether oxygens (including phenoxy) is 1. The number of benzene rings is 1. The monoisotopic (exact) mass is 390 g/mol. The van der Waals surface area contributed by atoms with E-state index >= 15 is 0 Å². The molecule has 0 aliphatic heterocycles. The van der Waals surface area contributed by atoms with E-state index in [1.54, 1.807) is 0 Å². The molecule has 3 unspecified atom stereocenters. The summed E-state index contributed by atoms with van der Waals surface area (Å²) in [6.07, 6.45) is 3.22. The Labute approximate surface area is 170 Å². The third-order valence-electron chi connectivity index (χ3n) is 5.89. The maximum absolute atomic E-state index is 12.9. The summed E-state index contributed by atoms with van der Waals surface area (Å²) in [6, 6.07) is 7.96. The minimum atomic E-state index is -1.26. The van der Waals surface area contributed by atoms with E-state index < -0.39 is 5.60 Å². The lowest BCUT2D eigenvalue weighted by Gasteiger charge is -2.43. The van der Waals surface area contributed by atoms with Crippen molar-refractivity contribution in [3.8, 4) is 5.75 Å². The van der Waals surface area contributed by atoms with E-state index in [0.29, 0.717) is 31.9 Å². The highest BCUT2D eigenvalue weighted by atomic mass is 16.5. The van der Waals surface area contributed by atoms with E-state index in [1.807, 2.05) is 38.4 Å². The van der Waals surface area contributed by atoms with Crippen LogP contribution >= 0.6 is 0 Å². The Kier molecular flexibility index (Phi) is 8.32. The predicted octanol–water partition coefficient (Wildman–Crippen LogP) is 3.11. The molecule has 28 heavy (non-hydrogen) atoms. The van der Waals surface area contributed by atoms with Crippen molar-refractivity contribution >= 4 is 5.91 Å². The molecule has 5 heteroatoms. The number of rotatable bonds is 9. The summed E-state index contributed by atoms with van der Waals surface area (Å²) in [5.74, 6) is 1.32. The van der Waals surface area contributed by atoms with Gasteiger partial charge in [-0.2, -0.15) is 0 Å². The molecule has 1 aliphatic rings. The molecule has 1 fully saturated rings. The van der Waals surface area contributed by atoms with Crippen LogP contribution in [0.25, 0.3) is 0 Å². The second kappa shape index (κ2) is 10.3. The molecule has 0 saturated heterocycles. The van der Waals surface area contributed by atoms with Gasteiger partial charge in [0.25, 0.3) is 5.91 Å². The van der Waals surface area contributed by atoms with E-state index in [0.717, 1.165) is 30.7 Å². The zero-order valence-electron chi connectivity index (χ0n) is 18.2. The Balaban J connectivity index is 1.94. The normalized spacial score (nSPS) is 25.1. The van der Waals surface area contributed by atoms with Gasteiger partial charge in [0, 0.05) is 13.1 Å². The van der Waals surface area contributed by atoms with Crippen molar-refractivity contribution in [2.75, 3.05) is 33.8 Å². The highest BCUT2D eigenvalue weighted by molar-refractivity contribution is 5.85. The van der Waals surface area contributed by atoms with Crippen molar-refractivity contribution in [3.63, 3.8) is 0 Å². The van der Waals surface area contributed by atoms with Gasteiger partial charge in [0.1, 0.15) is 18.0 Å². The first-order valence-electron chi connectivity index (χ1n) is 10.6. The van der Waals surface area contributed by atoms with Crippen molar-refractivity contribution in [1.82, 2.24) is 10.2 Å². The maximum atomic E-state index is 12.9. The Hall–Kier alpha value is -1.59. The van der Waals surface area contributed by atoms with E-state index in [4.69, 9.17) is 4.74 Å². The second-order valence-electron chi connectivity index (χ2n) is 8.93. The van der Waals surface area contributed by atoms with Crippen LogP contribution in [0, 0.1) is 17.8 Å². The molecule has 1 aromatic rings. The van der Waals surface area contributed by atoms with E-state index in [-0.39, 0.29) is 17.7 Å². The molecule has 1 aliphatic carbocycles. The molecule has 0 radical (unpaired) electrons. The molecule has 1 amide bonds. The number of hydrogen-bond donors (Lipinski definition) is 2. The molecule has 0 spiro atoms. The first-order valence-corrected chi connectivity index (χ1v) is 10.6. The number of amides is 1. The van der Waals surface area contributed by atoms with Gasteiger partial charge in [-0.1, -0.05) is 45.4 Å². The highest BCUT2D eigenvalue weighted by Crippen LogP contribution is 2.41. The number of carbonyl (C=O) groups is 1. The molecule has 0 bridgehead atoms. The summed E-state index contributed by atoms with van der Waals surface area (Å²) in [7, 11) is 4.04. The molecule has 3 atom stereocenters. The summed E-state index contributed by atoms with van der Waals surface area (Å²) >= 11 is 0. The number of hydrogen-bond acceptors (Lipinski definition) is 4. The molecule has 1 aromatic carbocycles. The van der Waals surface area contributed by atoms with Crippen molar-refractivity contribution in [2.24, 2.45) is 17.8 Å². The Bertz CT molecular complexity index is 632. The van der Waals surface area contributed by atoms with E-state index in [9.17, 15) is 9.90 Å². The van der Waals surface area contributed by atoms with Crippen molar-refractivity contribution in [3.05, 3.63) is 29.8 Å². The van der Waals surface area contributed by atoms with Gasteiger partial charge in [-0.15, -0.1) is 0 Å².